The van der Waals surface area contributed by atoms with E-state index in [2.05, 4.69) is 47.9 Å². The summed E-state index contributed by atoms with van der Waals surface area (Å²) in [6.07, 6.45) is 1.16. The van der Waals surface area contributed by atoms with E-state index in [0.29, 0.717) is 0 Å². The number of rotatable bonds is 7. The molecule has 5 nitrogen and oxygen atoms in total. The minimum atomic E-state index is -0.284. The average molecular weight is 319 g/mol. The van der Waals surface area contributed by atoms with Gasteiger partial charge in [0.2, 0.25) is 5.91 Å². The molecule has 1 aliphatic heterocycles. The highest BCUT2D eigenvalue weighted by Crippen LogP contribution is 2.13. The quantitative estimate of drug-likeness (QED) is 0.827. The number of hydrogen-bond donors (Lipinski definition) is 1. The fourth-order valence-corrected chi connectivity index (χ4v) is 2.99. The average Bonchev–Trinajstić information content (AvgIpc) is 2.72. The normalized spacial score (nSPS) is 19.9. The third kappa shape index (κ3) is 6.29. The summed E-state index contributed by atoms with van der Waals surface area (Å²) in [4.78, 5) is 15.8. The van der Waals surface area contributed by atoms with E-state index in [1.165, 1.54) is 5.56 Å². The number of ether oxygens (including phenoxy) is 1. The summed E-state index contributed by atoms with van der Waals surface area (Å²) in [5.74, 6) is -0.284. The highest BCUT2D eigenvalue weighted by molar-refractivity contribution is 5.75. The van der Waals surface area contributed by atoms with Gasteiger partial charge in [0.1, 0.15) is 0 Å². The molecule has 128 valence electrons. The van der Waals surface area contributed by atoms with Crippen molar-refractivity contribution >= 4 is 5.91 Å². The first-order valence-electron chi connectivity index (χ1n) is 8.45. The van der Waals surface area contributed by atoms with Gasteiger partial charge in [-0.25, -0.2) is 0 Å². The lowest BCUT2D eigenvalue weighted by Gasteiger charge is -2.31. The second-order valence-corrected chi connectivity index (χ2v) is 6.56. The molecule has 1 amide bonds. The molecule has 1 aromatic rings. The summed E-state index contributed by atoms with van der Waals surface area (Å²) in [6.45, 7) is 8.85. The van der Waals surface area contributed by atoms with E-state index in [1.807, 2.05) is 6.07 Å². The van der Waals surface area contributed by atoms with Crippen LogP contribution in [-0.4, -0.2) is 60.6 Å². The molecular formula is C18H29N3O2. The van der Waals surface area contributed by atoms with Crippen molar-refractivity contribution in [3.63, 3.8) is 0 Å². The summed E-state index contributed by atoms with van der Waals surface area (Å²) in [6, 6.07) is 10.8. The van der Waals surface area contributed by atoms with Crippen LogP contribution in [0.3, 0.4) is 0 Å². The Morgan fingerprint density at radius 3 is 2.78 bits per heavy atom. The maximum Gasteiger partial charge on any atom is 0.231 e. The summed E-state index contributed by atoms with van der Waals surface area (Å²) in [7, 11) is 0. The molecule has 0 spiro atoms. The van der Waals surface area contributed by atoms with Crippen molar-refractivity contribution < 1.29 is 9.53 Å². The van der Waals surface area contributed by atoms with Crippen LogP contribution in [0, 0.1) is 0 Å². The van der Waals surface area contributed by atoms with Crippen molar-refractivity contribution in [3.8, 4) is 0 Å². The van der Waals surface area contributed by atoms with Crippen molar-refractivity contribution in [2.75, 3.05) is 32.8 Å². The molecular weight excluding hydrogens is 290 g/mol. The Hall–Kier alpha value is -1.43. The van der Waals surface area contributed by atoms with Crippen LogP contribution in [0.4, 0.5) is 0 Å². The lowest BCUT2D eigenvalue weighted by Crippen LogP contribution is -2.46. The molecule has 0 unspecified atom stereocenters. The van der Waals surface area contributed by atoms with Crippen LogP contribution >= 0.6 is 0 Å². The van der Waals surface area contributed by atoms with Crippen molar-refractivity contribution in [3.05, 3.63) is 35.9 Å². The molecule has 0 bridgehead atoms. The maximum atomic E-state index is 11.3. The lowest BCUT2D eigenvalue weighted by molar-refractivity contribution is -0.120. The van der Waals surface area contributed by atoms with E-state index in [0.717, 1.165) is 39.2 Å². The molecule has 1 atom stereocenters. The predicted molar refractivity (Wildman–Crippen MR) is 92.0 cm³/mol. The van der Waals surface area contributed by atoms with E-state index < -0.39 is 0 Å². The van der Waals surface area contributed by atoms with Crippen molar-refractivity contribution in [2.45, 2.75) is 39.0 Å². The SMILES string of the molecule is CC(C)N(CC(N)=O)C[C@@H]1CN(Cc2ccccc2)CCCO1. The fourth-order valence-electron chi connectivity index (χ4n) is 2.99. The number of benzene rings is 1. The number of carbonyl (C=O) groups excluding carboxylic acids is 1. The van der Waals surface area contributed by atoms with Gasteiger partial charge in [0.05, 0.1) is 12.6 Å². The number of nitrogens with zero attached hydrogens (tertiary/aromatic N) is 2. The highest BCUT2D eigenvalue weighted by atomic mass is 16.5. The van der Waals surface area contributed by atoms with Crippen LogP contribution < -0.4 is 5.73 Å². The van der Waals surface area contributed by atoms with Crippen LogP contribution in [0.5, 0.6) is 0 Å². The van der Waals surface area contributed by atoms with Crippen LogP contribution in [0.1, 0.15) is 25.8 Å². The number of carbonyl (C=O) groups is 1. The Morgan fingerprint density at radius 2 is 2.13 bits per heavy atom. The summed E-state index contributed by atoms with van der Waals surface area (Å²) in [5, 5.41) is 0. The molecule has 5 heteroatoms. The molecule has 2 N–H and O–H groups in total. The zero-order valence-corrected chi connectivity index (χ0v) is 14.3. The van der Waals surface area contributed by atoms with Gasteiger partial charge in [0, 0.05) is 38.8 Å². The Bertz CT molecular complexity index is 478. The standard InChI is InChI=1S/C18H29N3O2/c1-15(2)21(14-18(19)22)13-17-12-20(9-6-10-23-17)11-16-7-4-3-5-8-16/h3-5,7-8,15,17H,6,9-14H2,1-2H3,(H2,19,22)/t17-/m0/s1. The first-order valence-corrected chi connectivity index (χ1v) is 8.45. The molecule has 0 radical (unpaired) electrons. The number of primary amides is 1. The molecule has 1 saturated heterocycles. The summed E-state index contributed by atoms with van der Waals surface area (Å²) in [5.41, 5.74) is 6.69. The first kappa shape index (κ1) is 17.9. The predicted octanol–water partition coefficient (Wildman–Crippen LogP) is 1.47. The molecule has 0 aliphatic carbocycles. The van der Waals surface area contributed by atoms with Crippen LogP contribution in [0.25, 0.3) is 0 Å². The van der Waals surface area contributed by atoms with Gasteiger partial charge in [-0.1, -0.05) is 30.3 Å². The summed E-state index contributed by atoms with van der Waals surface area (Å²) < 4.78 is 6.00. The molecule has 0 saturated carbocycles. The highest BCUT2D eigenvalue weighted by Gasteiger charge is 2.23. The Kier molecular flexibility index (Phi) is 7.02. The topological polar surface area (TPSA) is 58.8 Å². The molecule has 23 heavy (non-hydrogen) atoms. The van der Waals surface area contributed by atoms with E-state index in [4.69, 9.17) is 10.5 Å². The summed E-state index contributed by atoms with van der Waals surface area (Å²) >= 11 is 0. The van der Waals surface area contributed by atoms with E-state index >= 15 is 0 Å². The van der Waals surface area contributed by atoms with Crippen molar-refractivity contribution in [1.82, 2.24) is 9.80 Å². The largest absolute Gasteiger partial charge is 0.376 e. The number of nitrogens with two attached hydrogens (primary N) is 1. The maximum absolute atomic E-state index is 11.3. The Labute approximate surface area is 139 Å². The van der Waals surface area contributed by atoms with E-state index in [-0.39, 0.29) is 24.6 Å². The van der Waals surface area contributed by atoms with Gasteiger partial charge in [0.25, 0.3) is 0 Å². The number of hydrogen-bond acceptors (Lipinski definition) is 4. The van der Waals surface area contributed by atoms with Gasteiger partial charge in [0.15, 0.2) is 0 Å². The van der Waals surface area contributed by atoms with Gasteiger partial charge in [-0.15, -0.1) is 0 Å². The molecule has 0 aromatic heterocycles. The lowest BCUT2D eigenvalue weighted by atomic mass is 10.2. The minimum Gasteiger partial charge on any atom is -0.376 e. The van der Waals surface area contributed by atoms with Crippen molar-refractivity contribution in [2.24, 2.45) is 5.73 Å². The Balaban J connectivity index is 1.94. The Morgan fingerprint density at radius 1 is 1.39 bits per heavy atom. The fraction of sp³-hybridized carbons (Fsp3) is 0.611. The minimum absolute atomic E-state index is 0.114. The third-order valence-electron chi connectivity index (χ3n) is 4.21. The van der Waals surface area contributed by atoms with Crippen LogP contribution in [0.2, 0.25) is 0 Å². The third-order valence-corrected chi connectivity index (χ3v) is 4.21. The molecule has 1 aliphatic rings. The van der Waals surface area contributed by atoms with E-state index in [1.54, 1.807) is 0 Å². The van der Waals surface area contributed by atoms with Gasteiger partial charge >= 0.3 is 0 Å². The van der Waals surface area contributed by atoms with Crippen molar-refractivity contribution in [1.29, 1.82) is 0 Å². The van der Waals surface area contributed by atoms with E-state index in [9.17, 15) is 4.79 Å². The van der Waals surface area contributed by atoms with Gasteiger partial charge in [-0.2, -0.15) is 0 Å². The smallest absolute Gasteiger partial charge is 0.231 e. The van der Waals surface area contributed by atoms with Gasteiger partial charge < -0.3 is 10.5 Å². The zero-order valence-electron chi connectivity index (χ0n) is 14.3. The number of amides is 1. The van der Waals surface area contributed by atoms with Gasteiger partial charge in [-0.05, 0) is 25.8 Å². The van der Waals surface area contributed by atoms with Gasteiger partial charge in [-0.3, -0.25) is 14.6 Å². The van der Waals surface area contributed by atoms with Crippen LogP contribution in [-0.2, 0) is 16.1 Å². The monoisotopic (exact) mass is 319 g/mol. The van der Waals surface area contributed by atoms with Crippen LogP contribution in [0.15, 0.2) is 30.3 Å². The molecule has 1 heterocycles. The molecule has 1 fully saturated rings. The molecule has 2 rings (SSSR count). The second kappa shape index (κ2) is 9.01. The molecule has 1 aromatic carbocycles. The first-order chi connectivity index (χ1) is 11.0. The second-order valence-electron chi connectivity index (χ2n) is 6.56. The zero-order chi connectivity index (χ0) is 16.7.